The molecule has 0 atom stereocenters. The van der Waals surface area contributed by atoms with Gasteiger partial charge < -0.3 is 5.11 Å². The van der Waals surface area contributed by atoms with Gasteiger partial charge in [0, 0.05) is 11.8 Å². The highest BCUT2D eigenvalue weighted by atomic mass is 19.2. The number of benzene rings is 1. The van der Waals surface area contributed by atoms with Gasteiger partial charge in [-0.15, -0.1) is 0 Å². The van der Waals surface area contributed by atoms with E-state index >= 15 is 0 Å². The van der Waals surface area contributed by atoms with Crippen LogP contribution >= 0.6 is 0 Å². The molecule has 19 heavy (non-hydrogen) atoms. The Morgan fingerprint density at radius 1 is 1.21 bits per heavy atom. The number of aryl methyl sites for hydroxylation is 1. The molecule has 0 saturated heterocycles. The fourth-order valence-electron chi connectivity index (χ4n) is 1.50. The lowest BCUT2D eigenvalue weighted by Gasteiger charge is -2.05. The summed E-state index contributed by atoms with van der Waals surface area (Å²) in [5, 5.41) is 8.80. The summed E-state index contributed by atoms with van der Waals surface area (Å²) in [7, 11) is 0. The van der Waals surface area contributed by atoms with E-state index in [9.17, 15) is 18.0 Å². The first-order valence-corrected chi connectivity index (χ1v) is 5.12. The Bertz CT molecular complexity index is 651. The molecule has 0 fully saturated rings. The highest BCUT2D eigenvalue weighted by molar-refractivity contribution is 5.88. The van der Waals surface area contributed by atoms with Crippen molar-refractivity contribution in [2.24, 2.45) is 0 Å². The number of nitrogens with zero attached hydrogens (tertiary/aromatic N) is 2. The molecule has 7 heteroatoms. The minimum Gasteiger partial charge on any atom is -0.478 e. The molecule has 4 nitrogen and oxygen atoms in total. The van der Waals surface area contributed by atoms with Crippen LogP contribution in [0.5, 0.6) is 0 Å². The lowest BCUT2D eigenvalue weighted by Crippen LogP contribution is -2.04. The van der Waals surface area contributed by atoms with Gasteiger partial charge in [-0.05, 0) is 19.1 Å². The smallest absolute Gasteiger partial charge is 0.339 e. The Balaban J connectivity index is 2.54. The number of halogens is 3. The molecule has 0 radical (unpaired) electrons. The molecular formula is C12H7F3N2O2. The number of carbonyl (C=O) groups is 1. The quantitative estimate of drug-likeness (QED) is 0.850. The van der Waals surface area contributed by atoms with E-state index in [4.69, 9.17) is 5.11 Å². The maximum absolute atomic E-state index is 13.1. The lowest BCUT2D eigenvalue weighted by atomic mass is 10.1. The molecule has 2 rings (SSSR count). The standard InChI is InChI=1S/C12H7F3N2O2/c1-5-7(12(18)19)4-16-11(17-5)6-2-8(13)10(15)9(14)3-6/h2-4H,1H3,(H,18,19). The van der Waals surface area contributed by atoms with E-state index in [2.05, 4.69) is 9.97 Å². The average Bonchev–Trinajstić information content (AvgIpc) is 2.34. The Morgan fingerprint density at radius 3 is 2.26 bits per heavy atom. The third-order valence-corrected chi connectivity index (χ3v) is 2.45. The van der Waals surface area contributed by atoms with Gasteiger partial charge in [0.15, 0.2) is 23.3 Å². The summed E-state index contributed by atoms with van der Waals surface area (Å²) < 4.78 is 38.9. The van der Waals surface area contributed by atoms with Gasteiger partial charge >= 0.3 is 5.97 Å². The van der Waals surface area contributed by atoms with Gasteiger partial charge in [0.05, 0.1) is 11.3 Å². The Morgan fingerprint density at radius 2 is 1.79 bits per heavy atom. The van der Waals surface area contributed by atoms with Gasteiger partial charge in [-0.25, -0.2) is 27.9 Å². The van der Waals surface area contributed by atoms with Crippen LogP contribution < -0.4 is 0 Å². The second-order valence-corrected chi connectivity index (χ2v) is 3.75. The molecule has 98 valence electrons. The number of rotatable bonds is 2. The molecule has 1 aromatic heterocycles. The Hall–Kier alpha value is -2.44. The predicted octanol–water partition coefficient (Wildman–Crippen LogP) is 2.57. The zero-order chi connectivity index (χ0) is 14.2. The highest BCUT2D eigenvalue weighted by Crippen LogP contribution is 2.21. The van der Waals surface area contributed by atoms with Gasteiger partial charge in [-0.3, -0.25) is 0 Å². The molecule has 0 aliphatic heterocycles. The molecule has 0 aliphatic carbocycles. The molecule has 0 spiro atoms. The molecule has 0 saturated carbocycles. The summed E-state index contributed by atoms with van der Waals surface area (Å²) in [5.74, 6) is -5.60. The van der Waals surface area contributed by atoms with E-state index in [1.54, 1.807) is 0 Å². The van der Waals surface area contributed by atoms with Crippen LogP contribution in [0.25, 0.3) is 11.4 Å². The number of aromatic carboxylic acids is 1. The van der Waals surface area contributed by atoms with Crippen LogP contribution in [0.2, 0.25) is 0 Å². The maximum atomic E-state index is 13.1. The fraction of sp³-hybridized carbons (Fsp3) is 0.0833. The molecule has 0 aliphatic rings. The Kier molecular flexibility index (Phi) is 3.20. The monoisotopic (exact) mass is 268 g/mol. The molecular weight excluding hydrogens is 261 g/mol. The van der Waals surface area contributed by atoms with Crippen LogP contribution in [0.15, 0.2) is 18.3 Å². The SMILES string of the molecule is Cc1nc(-c2cc(F)c(F)c(F)c2)ncc1C(=O)O. The first-order valence-electron chi connectivity index (χ1n) is 5.12. The van der Waals surface area contributed by atoms with Gasteiger partial charge in [0.1, 0.15) is 0 Å². The van der Waals surface area contributed by atoms with E-state index in [1.807, 2.05) is 0 Å². The van der Waals surface area contributed by atoms with Crippen LogP contribution in [-0.4, -0.2) is 21.0 Å². The normalized spacial score (nSPS) is 10.5. The van der Waals surface area contributed by atoms with Crippen molar-refractivity contribution in [1.29, 1.82) is 0 Å². The van der Waals surface area contributed by atoms with Crippen molar-refractivity contribution in [1.82, 2.24) is 9.97 Å². The molecule has 1 N–H and O–H groups in total. The summed E-state index contributed by atoms with van der Waals surface area (Å²) in [4.78, 5) is 18.3. The van der Waals surface area contributed by atoms with Crippen molar-refractivity contribution in [3.63, 3.8) is 0 Å². The zero-order valence-electron chi connectivity index (χ0n) is 9.62. The summed E-state index contributed by atoms with van der Waals surface area (Å²) in [6.45, 7) is 1.42. The van der Waals surface area contributed by atoms with Crippen molar-refractivity contribution < 1.29 is 23.1 Å². The second-order valence-electron chi connectivity index (χ2n) is 3.75. The minimum atomic E-state index is -1.58. The third kappa shape index (κ3) is 2.40. The van der Waals surface area contributed by atoms with Gasteiger partial charge in [0.2, 0.25) is 0 Å². The van der Waals surface area contributed by atoms with Crippen molar-refractivity contribution >= 4 is 5.97 Å². The van der Waals surface area contributed by atoms with Crippen LogP contribution in [0.4, 0.5) is 13.2 Å². The molecule has 0 unspecified atom stereocenters. The van der Waals surface area contributed by atoms with E-state index in [0.29, 0.717) is 0 Å². The molecule has 1 aromatic carbocycles. The molecule has 2 aromatic rings. The van der Waals surface area contributed by atoms with Crippen LogP contribution in [0, 0.1) is 24.4 Å². The number of aromatic nitrogens is 2. The first kappa shape index (κ1) is 13.0. The first-order chi connectivity index (χ1) is 8.90. The van der Waals surface area contributed by atoms with Gasteiger partial charge in [-0.1, -0.05) is 0 Å². The number of carboxylic acid groups (broad SMARTS) is 1. The maximum Gasteiger partial charge on any atom is 0.339 e. The van der Waals surface area contributed by atoms with E-state index in [1.165, 1.54) is 6.92 Å². The predicted molar refractivity (Wildman–Crippen MR) is 59.0 cm³/mol. The largest absolute Gasteiger partial charge is 0.478 e. The van der Waals surface area contributed by atoms with Crippen molar-refractivity contribution in [2.75, 3.05) is 0 Å². The summed E-state index contributed by atoms with van der Waals surface area (Å²) in [6, 6.07) is 1.49. The van der Waals surface area contributed by atoms with E-state index in [-0.39, 0.29) is 22.6 Å². The van der Waals surface area contributed by atoms with Crippen LogP contribution in [-0.2, 0) is 0 Å². The molecule has 1 heterocycles. The lowest BCUT2D eigenvalue weighted by molar-refractivity contribution is 0.0695. The molecule has 0 bridgehead atoms. The van der Waals surface area contributed by atoms with Crippen molar-refractivity contribution in [3.05, 3.63) is 47.0 Å². The number of hydrogen-bond acceptors (Lipinski definition) is 3. The third-order valence-electron chi connectivity index (χ3n) is 2.45. The minimum absolute atomic E-state index is 0.0727. The number of carboxylic acids is 1. The second kappa shape index (κ2) is 4.68. The van der Waals surface area contributed by atoms with Crippen LogP contribution in [0.3, 0.4) is 0 Å². The van der Waals surface area contributed by atoms with Gasteiger partial charge in [0.25, 0.3) is 0 Å². The Labute approximate surface area is 105 Å². The van der Waals surface area contributed by atoms with E-state index < -0.39 is 23.4 Å². The highest BCUT2D eigenvalue weighted by Gasteiger charge is 2.15. The summed E-state index contributed by atoms with van der Waals surface area (Å²) in [6.07, 6.45) is 1.03. The summed E-state index contributed by atoms with van der Waals surface area (Å²) >= 11 is 0. The van der Waals surface area contributed by atoms with Crippen molar-refractivity contribution in [3.8, 4) is 11.4 Å². The topological polar surface area (TPSA) is 63.1 Å². The van der Waals surface area contributed by atoms with E-state index in [0.717, 1.165) is 18.3 Å². The zero-order valence-corrected chi connectivity index (χ0v) is 9.62. The fourth-order valence-corrected chi connectivity index (χ4v) is 1.50. The van der Waals surface area contributed by atoms with Crippen LogP contribution in [0.1, 0.15) is 16.1 Å². The number of hydrogen-bond donors (Lipinski definition) is 1. The average molecular weight is 268 g/mol. The van der Waals surface area contributed by atoms with Gasteiger partial charge in [-0.2, -0.15) is 0 Å². The molecule has 0 amide bonds. The summed E-state index contributed by atoms with van der Waals surface area (Å²) in [5.41, 5.74) is -0.0501. The van der Waals surface area contributed by atoms with Crippen molar-refractivity contribution in [2.45, 2.75) is 6.92 Å².